The highest BCUT2D eigenvalue weighted by Gasteiger charge is 2.24. The van der Waals surface area contributed by atoms with Gasteiger partial charge in [-0.1, -0.05) is 37.3 Å². The number of piperidine rings is 1. The van der Waals surface area contributed by atoms with E-state index in [1.54, 1.807) is 0 Å². The number of likely N-dealkylation sites (tertiary alicyclic amines) is 1. The van der Waals surface area contributed by atoms with Gasteiger partial charge in [-0.3, -0.25) is 4.79 Å². The first-order valence-corrected chi connectivity index (χ1v) is 8.68. The third kappa shape index (κ3) is 4.57. The Bertz CT molecular complexity index is 458. The molecule has 1 saturated heterocycles. The highest BCUT2D eigenvalue weighted by Crippen LogP contribution is 2.21. The third-order valence-corrected chi connectivity index (χ3v) is 4.77. The molecule has 1 amide bonds. The number of carbonyl (C=O) groups is 1. The number of nitrogens with one attached hydrogen (secondary N) is 1. The summed E-state index contributed by atoms with van der Waals surface area (Å²) in [6.07, 6.45) is 3.32. The maximum absolute atomic E-state index is 12.5. The van der Waals surface area contributed by atoms with Crippen molar-refractivity contribution in [3.05, 3.63) is 35.9 Å². The molecule has 2 atom stereocenters. The minimum absolute atomic E-state index is 0.0222. The molecule has 1 heterocycles. The fourth-order valence-corrected chi connectivity index (χ4v) is 3.36. The average Bonchev–Trinajstić information content (AvgIpc) is 2.55. The Hall–Kier alpha value is -1.35. The van der Waals surface area contributed by atoms with Crippen molar-refractivity contribution in [3.63, 3.8) is 0 Å². The highest BCUT2D eigenvalue weighted by molar-refractivity contribution is 5.83. The smallest absolute Gasteiger partial charge is 0.227 e. The second-order valence-electron chi connectivity index (χ2n) is 6.71. The molecule has 0 spiro atoms. The lowest BCUT2D eigenvalue weighted by Gasteiger charge is -2.35. The number of benzene rings is 1. The van der Waals surface area contributed by atoms with Gasteiger partial charge in [0.25, 0.3) is 0 Å². The standard InChI is InChI=1S/C19H30N2O/c1-4-18(17-10-6-5-7-11-17)19(22)20-13-16-9-8-12-21(14-16)15(2)3/h5-7,10-11,15-16,18H,4,8-9,12-14H2,1-3H3,(H,20,22)/t16-,18+/m1/s1. The minimum Gasteiger partial charge on any atom is -0.355 e. The second kappa shape index (κ2) is 8.33. The number of nitrogens with zero attached hydrogens (tertiary/aromatic N) is 1. The predicted octanol–water partition coefficient (Wildman–Crippen LogP) is 3.42. The SMILES string of the molecule is CC[C@H](C(=O)NC[C@H]1CCCN(C(C)C)C1)c1ccccc1. The number of rotatable bonds is 6. The van der Waals surface area contributed by atoms with E-state index in [0.717, 1.165) is 25.1 Å². The maximum atomic E-state index is 12.5. The molecule has 2 rings (SSSR count). The first-order valence-electron chi connectivity index (χ1n) is 8.68. The number of carbonyl (C=O) groups excluding carboxylic acids is 1. The summed E-state index contributed by atoms with van der Waals surface area (Å²) in [5.74, 6) is 0.745. The quantitative estimate of drug-likeness (QED) is 0.873. The van der Waals surface area contributed by atoms with Gasteiger partial charge in [0.15, 0.2) is 0 Å². The summed E-state index contributed by atoms with van der Waals surface area (Å²) in [6, 6.07) is 10.7. The van der Waals surface area contributed by atoms with Crippen LogP contribution in [0.1, 0.15) is 51.5 Å². The summed E-state index contributed by atoms with van der Waals surface area (Å²) >= 11 is 0. The molecule has 0 aliphatic carbocycles. The van der Waals surface area contributed by atoms with Gasteiger partial charge in [-0.2, -0.15) is 0 Å². The van der Waals surface area contributed by atoms with E-state index in [1.165, 1.54) is 19.4 Å². The molecule has 1 N–H and O–H groups in total. The summed E-state index contributed by atoms with van der Waals surface area (Å²) in [7, 11) is 0. The van der Waals surface area contributed by atoms with E-state index in [1.807, 2.05) is 18.2 Å². The number of hydrogen-bond acceptors (Lipinski definition) is 2. The molecule has 1 aromatic rings. The Morgan fingerprint density at radius 3 is 2.68 bits per heavy atom. The Kier molecular flexibility index (Phi) is 6.44. The lowest BCUT2D eigenvalue weighted by molar-refractivity contribution is -0.122. The monoisotopic (exact) mass is 302 g/mol. The highest BCUT2D eigenvalue weighted by atomic mass is 16.1. The van der Waals surface area contributed by atoms with Crippen LogP contribution in [0.5, 0.6) is 0 Å². The molecular weight excluding hydrogens is 272 g/mol. The molecule has 0 saturated carbocycles. The Balaban J connectivity index is 1.86. The molecule has 1 fully saturated rings. The lowest BCUT2D eigenvalue weighted by Crippen LogP contribution is -2.44. The van der Waals surface area contributed by atoms with Gasteiger partial charge in [-0.15, -0.1) is 0 Å². The van der Waals surface area contributed by atoms with Crippen molar-refractivity contribution in [2.24, 2.45) is 5.92 Å². The van der Waals surface area contributed by atoms with Crippen molar-refractivity contribution >= 4 is 5.91 Å². The van der Waals surface area contributed by atoms with Gasteiger partial charge < -0.3 is 10.2 Å². The summed E-state index contributed by atoms with van der Waals surface area (Å²) in [5, 5.41) is 3.20. The average molecular weight is 302 g/mol. The first-order chi connectivity index (χ1) is 10.6. The van der Waals surface area contributed by atoms with Gasteiger partial charge in [0.05, 0.1) is 5.92 Å². The van der Waals surface area contributed by atoms with E-state index in [-0.39, 0.29) is 11.8 Å². The van der Waals surface area contributed by atoms with Crippen molar-refractivity contribution in [1.29, 1.82) is 0 Å². The molecule has 1 aromatic carbocycles. The zero-order valence-electron chi connectivity index (χ0n) is 14.2. The molecule has 122 valence electrons. The van der Waals surface area contributed by atoms with Crippen LogP contribution in [0.4, 0.5) is 0 Å². The van der Waals surface area contributed by atoms with E-state index < -0.39 is 0 Å². The number of amides is 1. The second-order valence-corrected chi connectivity index (χ2v) is 6.71. The summed E-state index contributed by atoms with van der Waals surface area (Å²) < 4.78 is 0. The van der Waals surface area contributed by atoms with E-state index in [2.05, 4.69) is 43.1 Å². The fraction of sp³-hybridized carbons (Fsp3) is 0.632. The molecule has 3 nitrogen and oxygen atoms in total. The van der Waals surface area contributed by atoms with Crippen LogP contribution in [0.3, 0.4) is 0 Å². The van der Waals surface area contributed by atoms with Gasteiger partial charge >= 0.3 is 0 Å². The zero-order chi connectivity index (χ0) is 15.9. The summed E-state index contributed by atoms with van der Waals surface area (Å²) in [6.45, 7) is 9.71. The largest absolute Gasteiger partial charge is 0.355 e. The normalized spacial score (nSPS) is 20.8. The Morgan fingerprint density at radius 1 is 1.32 bits per heavy atom. The molecule has 0 bridgehead atoms. The first kappa shape index (κ1) is 17.0. The van der Waals surface area contributed by atoms with Crippen molar-refractivity contribution in [1.82, 2.24) is 10.2 Å². The van der Waals surface area contributed by atoms with Crippen molar-refractivity contribution in [2.75, 3.05) is 19.6 Å². The van der Waals surface area contributed by atoms with Gasteiger partial charge in [0, 0.05) is 19.1 Å². The van der Waals surface area contributed by atoms with Crippen LogP contribution in [0, 0.1) is 5.92 Å². The van der Waals surface area contributed by atoms with Crippen LogP contribution >= 0.6 is 0 Å². The van der Waals surface area contributed by atoms with Crippen LogP contribution in [-0.4, -0.2) is 36.5 Å². The molecule has 1 aliphatic heterocycles. The Labute approximate surface area is 135 Å². The van der Waals surface area contributed by atoms with Crippen molar-refractivity contribution in [2.45, 2.75) is 52.0 Å². The van der Waals surface area contributed by atoms with E-state index in [9.17, 15) is 4.79 Å². The van der Waals surface area contributed by atoms with Crippen LogP contribution in [0.2, 0.25) is 0 Å². The van der Waals surface area contributed by atoms with Gasteiger partial charge in [0.1, 0.15) is 0 Å². The molecule has 0 unspecified atom stereocenters. The fourth-order valence-electron chi connectivity index (χ4n) is 3.36. The third-order valence-electron chi connectivity index (χ3n) is 4.77. The van der Waals surface area contributed by atoms with E-state index in [0.29, 0.717) is 12.0 Å². The molecule has 0 aromatic heterocycles. The predicted molar refractivity (Wildman–Crippen MR) is 91.9 cm³/mol. The lowest BCUT2D eigenvalue weighted by atomic mass is 9.94. The van der Waals surface area contributed by atoms with Gasteiger partial charge in [0.2, 0.25) is 5.91 Å². The molecule has 0 radical (unpaired) electrons. The van der Waals surface area contributed by atoms with E-state index in [4.69, 9.17) is 0 Å². The topological polar surface area (TPSA) is 32.3 Å². The van der Waals surface area contributed by atoms with Crippen LogP contribution in [-0.2, 0) is 4.79 Å². The molecule has 3 heteroatoms. The van der Waals surface area contributed by atoms with Gasteiger partial charge in [-0.05, 0) is 51.1 Å². The van der Waals surface area contributed by atoms with E-state index >= 15 is 0 Å². The van der Waals surface area contributed by atoms with Crippen LogP contribution in [0.25, 0.3) is 0 Å². The van der Waals surface area contributed by atoms with Crippen molar-refractivity contribution < 1.29 is 4.79 Å². The minimum atomic E-state index is -0.0222. The summed E-state index contributed by atoms with van der Waals surface area (Å²) in [5.41, 5.74) is 1.12. The molecular formula is C19H30N2O. The Morgan fingerprint density at radius 2 is 2.05 bits per heavy atom. The maximum Gasteiger partial charge on any atom is 0.227 e. The molecule has 22 heavy (non-hydrogen) atoms. The van der Waals surface area contributed by atoms with Gasteiger partial charge in [-0.25, -0.2) is 0 Å². The van der Waals surface area contributed by atoms with Crippen LogP contribution < -0.4 is 5.32 Å². The van der Waals surface area contributed by atoms with Crippen molar-refractivity contribution in [3.8, 4) is 0 Å². The van der Waals surface area contributed by atoms with Crippen LogP contribution in [0.15, 0.2) is 30.3 Å². The summed E-state index contributed by atoms with van der Waals surface area (Å²) in [4.78, 5) is 15.0. The zero-order valence-corrected chi connectivity index (χ0v) is 14.2. The number of hydrogen-bond donors (Lipinski definition) is 1. The molecule has 1 aliphatic rings.